The van der Waals surface area contributed by atoms with Crippen LogP contribution in [0.25, 0.3) is 0 Å². The molecule has 7 nitrogen and oxygen atoms in total. The van der Waals surface area contributed by atoms with Crippen LogP contribution in [0.3, 0.4) is 0 Å². The molecule has 1 aromatic heterocycles. The maximum Gasteiger partial charge on any atom is 0.269 e. The number of anilines is 1. The van der Waals surface area contributed by atoms with Crippen molar-refractivity contribution in [1.82, 2.24) is 9.88 Å². The number of rotatable bonds is 6. The summed E-state index contributed by atoms with van der Waals surface area (Å²) in [4.78, 5) is 16.6. The van der Waals surface area contributed by atoms with Crippen molar-refractivity contribution in [3.8, 4) is 0 Å². The minimum atomic E-state index is -0.412. The molecule has 0 atom stereocenters. The van der Waals surface area contributed by atoms with Crippen molar-refractivity contribution < 1.29 is 4.92 Å². The van der Waals surface area contributed by atoms with Crippen LogP contribution in [0.1, 0.15) is 11.1 Å². The van der Waals surface area contributed by atoms with Crippen LogP contribution in [-0.2, 0) is 13.1 Å². The standard InChI is InChI=1S/C14H17N5O2/c1-18(9-11-3-2-6-16-8-11)10-12-7-13(19(20)21)4-5-14(12)17-15/h2-8,17H,9-10,15H2,1H3. The first kappa shape index (κ1) is 14.9. The summed E-state index contributed by atoms with van der Waals surface area (Å²) in [5.74, 6) is 5.46. The minimum Gasteiger partial charge on any atom is -0.324 e. The van der Waals surface area contributed by atoms with Gasteiger partial charge in [-0.3, -0.25) is 25.8 Å². The van der Waals surface area contributed by atoms with Gasteiger partial charge in [-0.2, -0.15) is 0 Å². The molecule has 0 bridgehead atoms. The molecule has 0 fully saturated rings. The van der Waals surface area contributed by atoms with Crippen LogP contribution in [0.2, 0.25) is 0 Å². The van der Waals surface area contributed by atoms with Crippen LogP contribution >= 0.6 is 0 Å². The molecule has 1 heterocycles. The van der Waals surface area contributed by atoms with Crippen LogP contribution in [0, 0.1) is 10.1 Å². The maximum atomic E-state index is 10.9. The van der Waals surface area contributed by atoms with Crippen LogP contribution in [0.15, 0.2) is 42.7 Å². The zero-order chi connectivity index (χ0) is 15.2. The van der Waals surface area contributed by atoms with Crippen molar-refractivity contribution in [3.63, 3.8) is 0 Å². The van der Waals surface area contributed by atoms with E-state index in [0.717, 1.165) is 11.1 Å². The fourth-order valence-electron chi connectivity index (χ4n) is 2.12. The summed E-state index contributed by atoms with van der Waals surface area (Å²) in [6.07, 6.45) is 3.52. The molecular weight excluding hydrogens is 270 g/mol. The number of aromatic nitrogens is 1. The third-order valence-corrected chi connectivity index (χ3v) is 3.07. The van der Waals surface area contributed by atoms with Gasteiger partial charge in [0.25, 0.3) is 5.69 Å². The lowest BCUT2D eigenvalue weighted by Gasteiger charge is -2.18. The largest absolute Gasteiger partial charge is 0.324 e. The Morgan fingerprint density at radius 1 is 1.38 bits per heavy atom. The Morgan fingerprint density at radius 2 is 2.19 bits per heavy atom. The van der Waals surface area contributed by atoms with Crippen LogP contribution in [0.5, 0.6) is 0 Å². The number of hydrogen-bond donors (Lipinski definition) is 2. The molecule has 0 saturated carbocycles. The maximum absolute atomic E-state index is 10.9. The van der Waals surface area contributed by atoms with E-state index in [0.29, 0.717) is 18.8 Å². The Kier molecular flexibility index (Phi) is 4.81. The average Bonchev–Trinajstić information content (AvgIpc) is 2.48. The molecule has 0 radical (unpaired) electrons. The lowest BCUT2D eigenvalue weighted by Crippen LogP contribution is -2.19. The highest BCUT2D eigenvalue weighted by Crippen LogP contribution is 2.23. The Morgan fingerprint density at radius 3 is 2.81 bits per heavy atom. The minimum absolute atomic E-state index is 0.0544. The zero-order valence-electron chi connectivity index (χ0n) is 11.7. The van der Waals surface area contributed by atoms with Gasteiger partial charge in [-0.25, -0.2) is 0 Å². The molecule has 2 rings (SSSR count). The number of nitrogens with one attached hydrogen (secondary N) is 1. The van der Waals surface area contributed by atoms with Crippen LogP contribution in [0.4, 0.5) is 11.4 Å². The Bertz CT molecular complexity index is 618. The van der Waals surface area contributed by atoms with Gasteiger partial charge in [-0.15, -0.1) is 0 Å². The average molecular weight is 287 g/mol. The highest BCUT2D eigenvalue weighted by Gasteiger charge is 2.12. The molecule has 0 aliphatic heterocycles. The first-order chi connectivity index (χ1) is 10.1. The van der Waals surface area contributed by atoms with E-state index >= 15 is 0 Å². The molecule has 1 aromatic carbocycles. The molecule has 0 saturated heterocycles. The number of non-ortho nitro benzene ring substituents is 1. The highest BCUT2D eigenvalue weighted by atomic mass is 16.6. The Balaban J connectivity index is 2.13. The van der Waals surface area contributed by atoms with Gasteiger partial charge in [0.05, 0.1) is 10.6 Å². The lowest BCUT2D eigenvalue weighted by atomic mass is 10.1. The van der Waals surface area contributed by atoms with Gasteiger partial charge >= 0.3 is 0 Å². The number of hydrazine groups is 1. The van der Waals surface area contributed by atoms with Crippen LogP contribution in [-0.4, -0.2) is 21.9 Å². The molecule has 3 N–H and O–H groups in total. The predicted molar refractivity (Wildman–Crippen MR) is 80.3 cm³/mol. The Hall–Kier alpha value is -2.51. The van der Waals surface area contributed by atoms with E-state index in [9.17, 15) is 10.1 Å². The van der Waals surface area contributed by atoms with Crippen LogP contribution < -0.4 is 11.3 Å². The normalized spacial score (nSPS) is 10.6. The van der Waals surface area contributed by atoms with Crippen molar-refractivity contribution in [1.29, 1.82) is 0 Å². The van der Waals surface area contributed by atoms with E-state index < -0.39 is 4.92 Å². The number of nitrogens with zero attached hydrogens (tertiary/aromatic N) is 3. The fourth-order valence-corrected chi connectivity index (χ4v) is 2.12. The summed E-state index contributed by atoms with van der Waals surface area (Å²) in [7, 11) is 1.94. The molecule has 7 heteroatoms. The first-order valence-electron chi connectivity index (χ1n) is 6.41. The van der Waals surface area contributed by atoms with Gasteiger partial charge in [0.2, 0.25) is 0 Å². The number of nitrogens with two attached hydrogens (primary N) is 1. The van der Waals surface area contributed by atoms with E-state index in [4.69, 9.17) is 5.84 Å². The van der Waals surface area contributed by atoms with E-state index in [1.165, 1.54) is 12.1 Å². The molecule has 21 heavy (non-hydrogen) atoms. The van der Waals surface area contributed by atoms with Crippen molar-refractivity contribution >= 4 is 11.4 Å². The first-order valence-corrected chi connectivity index (χ1v) is 6.41. The second kappa shape index (κ2) is 6.78. The molecule has 2 aromatic rings. The van der Waals surface area contributed by atoms with Gasteiger partial charge in [0, 0.05) is 37.6 Å². The van der Waals surface area contributed by atoms with E-state index in [2.05, 4.69) is 10.4 Å². The highest BCUT2D eigenvalue weighted by molar-refractivity contribution is 5.55. The lowest BCUT2D eigenvalue weighted by molar-refractivity contribution is -0.384. The number of benzene rings is 1. The van der Waals surface area contributed by atoms with Crippen molar-refractivity contribution in [3.05, 3.63) is 64.0 Å². The van der Waals surface area contributed by atoms with Crippen molar-refractivity contribution in [2.24, 2.45) is 5.84 Å². The van der Waals surface area contributed by atoms with Gasteiger partial charge < -0.3 is 5.43 Å². The SMILES string of the molecule is CN(Cc1cccnc1)Cc1cc([N+](=O)[O-])ccc1NN. The molecule has 110 valence electrons. The zero-order valence-corrected chi connectivity index (χ0v) is 11.7. The number of pyridine rings is 1. The third kappa shape index (κ3) is 3.98. The van der Waals surface area contributed by atoms with Crippen molar-refractivity contribution in [2.45, 2.75) is 13.1 Å². The smallest absolute Gasteiger partial charge is 0.269 e. The number of hydrogen-bond acceptors (Lipinski definition) is 6. The summed E-state index contributed by atoms with van der Waals surface area (Å²) in [6, 6.07) is 8.45. The third-order valence-electron chi connectivity index (χ3n) is 3.07. The molecule has 0 aliphatic rings. The van der Waals surface area contributed by atoms with Gasteiger partial charge in [-0.1, -0.05) is 6.07 Å². The van der Waals surface area contributed by atoms with E-state index in [-0.39, 0.29) is 5.69 Å². The van der Waals surface area contributed by atoms with Gasteiger partial charge in [0.15, 0.2) is 0 Å². The molecular formula is C14H17N5O2. The van der Waals surface area contributed by atoms with E-state index in [1.807, 2.05) is 24.1 Å². The summed E-state index contributed by atoms with van der Waals surface area (Å²) >= 11 is 0. The quantitative estimate of drug-likeness (QED) is 0.478. The predicted octanol–water partition coefficient (Wildman–Crippen LogP) is 1.91. The Labute approximate surface area is 122 Å². The van der Waals surface area contributed by atoms with E-state index in [1.54, 1.807) is 18.5 Å². The summed E-state index contributed by atoms with van der Waals surface area (Å²) in [5.41, 5.74) is 5.16. The summed E-state index contributed by atoms with van der Waals surface area (Å²) < 4.78 is 0. The molecule has 0 unspecified atom stereocenters. The van der Waals surface area contributed by atoms with Gasteiger partial charge in [-0.05, 0) is 30.3 Å². The molecule has 0 aliphatic carbocycles. The second-order valence-corrected chi connectivity index (χ2v) is 4.78. The number of nitrogen functional groups attached to an aromatic ring is 1. The second-order valence-electron chi connectivity index (χ2n) is 4.78. The molecule has 0 amide bonds. The summed E-state index contributed by atoms with van der Waals surface area (Å²) in [5, 5.41) is 10.9. The number of nitro benzene ring substituents is 1. The van der Waals surface area contributed by atoms with Gasteiger partial charge in [0.1, 0.15) is 0 Å². The summed E-state index contributed by atoms with van der Waals surface area (Å²) in [6.45, 7) is 1.23. The fraction of sp³-hybridized carbons (Fsp3) is 0.214. The molecule has 0 spiro atoms. The van der Waals surface area contributed by atoms with Crippen molar-refractivity contribution in [2.75, 3.05) is 12.5 Å². The topological polar surface area (TPSA) is 97.3 Å². The monoisotopic (exact) mass is 287 g/mol. The number of nitro groups is 1.